The second-order valence-corrected chi connectivity index (χ2v) is 4.13. The number of nitrogens with zero attached hydrogens (tertiary/aromatic N) is 2. The molecule has 0 bridgehead atoms. The van der Waals surface area contributed by atoms with Gasteiger partial charge in [0.1, 0.15) is 0 Å². The van der Waals surface area contributed by atoms with Crippen LogP contribution in [0.5, 0.6) is 0 Å². The van der Waals surface area contributed by atoms with E-state index in [1.54, 1.807) is 10.8 Å². The summed E-state index contributed by atoms with van der Waals surface area (Å²) in [4.78, 5) is 21.3. The van der Waals surface area contributed by atoms with E-state index in [9.17, 15) is 14.9 Å². The van der Waals surface area contributed by atoms with Crippen LogP contribution >= 0.6 is 15.9 Å². The monoisotopic (exact) mass is 289 g/mol. The Morgan fingerprint density at radius 3 is 2.81 bits per heavy atom. The van der Waals surface area contributed by atoms with Crippen LogP contribution < -0.4 is 10.7 Å². The van der Waals surface area contributed by atoms with Crippen LogP contribution in [0, 0.1) is 10.1 Å². The SMILES string of the molecule is CNCCCn1cc(Br)c(=O)c([N+](=O)[O-])c1. The third-order valence-corrected chi connectivity index (χ3v) is 2.62. The van der Waals surface area contributed by atoms with Gasteiger partial charge < -0.3 is 9.88 Å². The zero-order chi connectivity index (χ0) is 12.1. The summed E-state index contributed by atoms with van der Waals surface area (Å²) in [6.07, 6.45) is 3.66. The Morgan fingerprint density at radius 1 is 1.56 bits per heavy atom. The number of aromatic nitrogens is 1. The van der Waals surface area contributed by atoms with Crippen LogP contribution in [0.3, 0.4) is 0 Å². The molecule has 0 aliphatic heterocycles. The van der Waals surface area contributed by atoms with Crippen LogP contribution in [0.15, 0.2) is 21.7 Å². The van der Waals surface area contributed by atoms with Crippen LogP contribution in [0.2, 0.25) is 0 Å². The molecule has 0 fully saturated rings. The van der Waals surface area contributed by atoms with Gasteiger partial charge in [0.15, 0.2) is 0 Å². The first-order chi connectivity index (χ1) is 7.56. The topological polar surface area (TPSA) is 77.2 Å². The summed E-state index contributed by atoms with van der Waals surface area (Å²) in [5.41, 5.74) is -0.992. The molecule has 7 heteroatoms. The lowest BCUT2D eigenvalue weighted by atomic mass is 10.3. The van der Waals surface area contributed by atoms with Gasteiger partial charge in [0.05, 0.1) is 15.6 Å². The number of halogens is 1. The van der Waals surface area contributed by atoms with Crippen molar-refractivity contribution in [1.82, 2.24) is 9.88 Å². The molecule has 1 N–H and O–H groups in total. The van der Waals surface area contributed by atoms with E-state index in [2.05, 4.69) is 21.2 Å². The Labute approximate surface area is 101 Å². The van der Waals surface area contributed by atoms with Crippen molar-refractivity contribution in [2.75, 3.05) is 13.6 Å². The minimum atomic E-state index is -0.665. The van der Waals surface area contributed by atoms with E-state index in [0.29, 0.717) is 6.54 Å². The number of nitrogens with one attached hydrogen (secondary N) is 1. The number of nitro groups is 1. The molecule has 1 aromatic rings. The average Bonchev–Trinajstić information content (AvgIpc) is 2.23. The number of rotatable bonds is 5. The van der Waals surface area contributed by atoms with E-state index in [4.69, 9.17) is 0 Å². The van der Waals surface area contributed by atoms with E-state index in [1.165, 1.54) is 6.20 Å². The van der Waals surface area contributed by atoms with Crippen molar-refractivity contribution in [2.24, 2.45) is 0 Å². The van der Waals surface area contributed by atoms with Crippen molar-refractivity contribution < 1.29 is 4.92 Å². The number of pyridine rings is 1. The fraction of sp³-hybridized carbons (Fsp3) is 0.444. The van der Waals surface area contributed by atoms with Gasteiger partial charge in [-0.05, 0) is 35.9 Å². The summed E-state index contributed by atoms with van der Waals surface area (Å²) < 4.78 is 1.85. The maximum absolute atomic E-state index is 11.4. The molecular formula is C9H12BrN3O3. The summed E-state index contributed by atoms with van der Waals surface area (Å²) in [6, 6.07) is 0. The van der Waals surface area contributed by atoms with Gasteiger partial charge in [-0.1, -0.05) is 0 Å². The standard InChI is InChI=1S/C9H12BrN3O3/c1-11-3-2-4-12-5-7(10)9(14)8(6-12)13(15)16/h5-6,11H,2-4H2,1H3. The lowest BCUT2D eigenvalue weighted by Crippen LogP contribution is -2.15. The smallest absolute Gasteiger partial charge is 0.333 e. The second kappa shape index (κ2) is 5.76. The molecule has 0 saturated heterocycles. The lowest BCUT2D eigenvalue weighted by Gasteiger charge is -2.06. The Hall–Kier alpha value is -1.21. The molecule has 6 nitrogen and oxygen atoms in total. The van der Waals surface area contributed by atoms with Crippen molar-refractivity contribution in [1.29, 1.82) is 0 Å². The summed E-state index contributed by atoms with van der Waals surface area (Å²) in [5, 5.41) is 13.6. The van der Waals surface area contributed by atoms with Gasteiger partial charge in [0.2, 0.25) is 0 Å². The Bertz CT molecular complexity index is 444. The van der Waals surface area contributed by atoms with Crippen LogP contribution in [0.25, 0.3) is 0 Å². The van der Waals surface area contributed by atoms with Gasteiger partial charge in [-0.2, -0.15) is 0 Å². The third kappa shape index (κ3) is 3.14. The Morgan fingerprint density at radius 2 is 2.25 bits per heavy atom. The molecule has 0 aromatic carbocycles. The zero-order valence-electron chi connectivity index (χ0n) is 8.77. The molecule has 0 radical (unpaired) electrons. The molecule has 0 aliphatic rings. The summed E-state index contributed by atoms with van der Waals surface area (Å²) in [6.45, 7) is 1.44. The average molecular weight is 290 g/mol. The van der Waals surface area contributed by atoms with Gasteiger partial charge in [0, 0.05) is 12.7 Å². The quantitative estimate of drug-likeness (QED) is 0.501. The Kier molecular flexibility index (Phi) is 4.63. The maximum atomic E-state index is 11.4. The molecule has 0 unspecified atom stereocenters. The molecule has 0 aliphatic carbocycles. The van der Waals surface area contributed by atoms with Crippen LogP contribution in [-0.2, 0) is 6.54 Å². The van der Waals surface area contributed by atoms with E-state index in [1.807, 2.05) is 7.05 Å². The maximum Gasteiger partial charge on any atom is 0.333 e. The lowest BCUT2D eigenvalue weighted by molar-refractivity contribution is -0.386. The molecule has 0 atom stereocenters. The van der Waals surface area contributed by atoms with Crippen molar-refractivity contribution in [3.63, 3.8) is 0 Å². The molecule has 88 valence electrons. The predicted molar refractivity (Wildman–Crippen MR) is 63.6 cm³/mol. The largest absolute Gasteiger partial charge is 0.347 e. The first kappa shape index (κ1) is 12.9. The second-order valence-electron chi connectivity index (χ2n) is 3.27. The minimum Gasteiger partial charge on any atom is -0.347 e. The van der Waals surface area contributed by atoms with E-state index in [0.717, 1.165) is 13.0 Å². The van der Waals surface area contributed by atoms with E-state index >= 15 is 0 Å². The van der Waals surface area contributed by atoms with Crippen LogP contribution in [-0.4, -0.2) is 23.1 Å². The van der Waals surface area contributed by atoms with Crippen LogP contribution in [0.1, 0.15) is 6.42 Å². The van der Waals surface area contributed by atoms with Gasteiger partial charge in [-0.3, -0.25) is 14.9 Å². The van der Waals surface area contributed by atoms with Gasteiger partial charge in [-0.15, -0.1) is 0 Å². The highest BCUT2D eigenvalue weighted by molar-refractivity contribution is 9.10. The summed E-state index contributed by atoms with van der Waals surface area (Å²) in [5.74, 6) is 0. The van der Waals surface area contributed by atoms with Crippen molar-refractivity contribution >= 4 is 21.6 Å². The highest BCUT2D eigenvalue weighted by Gasteiger charge is 2.15. The highest BCUT2D eigenvalue weighted by atomic mass is 79.9. The molecule has 16 heavy (non-hydrogen) atoms. The van der Waals surface area contributed by atoms with E-state index in [-0.39, 0.29) is 4.47 Å². The molecule has 1 heterocycles. The minimum absolute atomic E-state index is 0.214. The van der Waals surface area contributed by atoms with Gasteiger partial charge in [0.25, 0.3) is 5.43 Å². The third-order valence-electron chi connectivity index (χ3n) is 2.06. The predicted octanol–water partition coefficient (Wildman–Crippen LogP) is 1.13. The molecule has 0 spiro atoms. The highest BCUT2D eigenvalue weighted by Crippen LogP contribution is 2.11. The first-order valence-electron chi connectivity index (χ1n) is 4.75. The van der Waals surface area contributed by atoms with Crippen molar-refractivity contribution in [3.8, 4) is 0 Å². The fourth-order valence-corrected chi connectivity index (χ4v) is 1.74. The zero-order valence-corrected chi connectivity index (χ0v) is 10.4. The summed E-state index contributed by atoms with van der Waals surface area (Å²) in [7, 11) is 1.84. The fourth-order valence-electron chi connectivity index (χ4n) is 1.28. The first-order valence-corrected chi connectivity index (χ1v) is 5.54. The normalized spacial score (nSPS) is 10.4. The number of hydrogen-bond acceptors (Lipinski definition) is 4. The molecule has 0 saturated carbocycles. The van der Waals surface area contributed by atoms with E-state index < -0.39 is 16.0 Å². The molecular weight excluding hydrogens is 278 g/mol. The number of aryl methyl sites for hydroxylation is 1. The molecule has 1 rings (SSSR count). The van der Waals surface area contributed by atoms with Gasteiger partial charge >= 0.3 is 5.69 Å². The van der Waals surface area contributed by atoms with Crippen LogP contribution in [0.4, 0.5) is 5.69 Å². The Balaban J connectivity index is 2.95. The number of hydrogen-bond donors (Lipinski definition) is 1. The molecule has 0 amide bonds. The van der Waals surface area contributed by atoms with Crippen molar-refractivity contribution in [3.05, 3.63) is 37.2 Å². The van der Waals surface area contributed by atoms with Crippen molar-refractivity contribution in [2.45, 2.75) is 13.0 Å². The molecule has 1 aromatic heterocycles. The van der Waals surface area contributed by atoms with Gasteiger partial charge in [-0.25, -0.2) is 0 Å². The summed E-state index contributed by atoms with van der Waals surface area (Å²) >= 11 is 3.02.